The molecule has 0 spiro atoms. The van der Waals surface area contributed by atoms with Crippen LogP contribution in [0.5, 0.6) is 0 Å². The SMILES string of the molecule is CC(N1CCC(O)C1)n1ncc2ccc(-c3ccsc3)cc21. The standard InChI is InChI=1S/C17H19N3OS/c1-12(19-6-4-16(21)10-19)20-17-8-13(15-5-7-22-11-15)2-3-14(17)9-18-20/h2-3,5,7-9,11-12,16,21H,4,6,10H2,1H3. The number of nitrogens with zero attached hydrogens (tertiary/aromatic N) is 3. The number of β-amino-alcohol motifs (C(OH)–C–C–N with tert-alkyl or cyclic N) is 1. The van der Waals surface area contributed by atoms with E-state index in [1.54, 1.807) is 11.3 Å². The first-order valence-electron chi connectivity index (χ1n) is 7.64. The summed E-state index contributed by atoms with van der Waals surface area (Å²) < 4.78 is 2.07. The van der Waals surface area contributed by atoms with Crippen molar-refractivity contribution in [2.75, 3.05) is 13.1 Å². The molecule has 1 saturated heterocycles. The van der Waals surface area contributed by atoms with E-state index in [2.05, 4.69) is 56.6 Å². The molecule has 1 N–H and O–H groups in total. The zero-order chi connectivity index (χ0) is 15.1. The van der Waals surface area contributed by atoms with E-state index in [1.807, 2.05) is 6.20 Å². The molecule has 1 aliphatic heterocycles. The summed E-state index contributed by atoms with van der Waals surface area (Å²) in [7, 11) is 0. The summed E-state index contributed by atoms with van der Waals surface area (Å²) in [5.74, 6) is 0. The van der Waals surface area contributed by atoms with Crippen LogP contribution in [0, 0.1) is 0 Å². The second-order valence-electron chi connectivity index (χ2n) is 5.94. The van der Waals surface area contributed by atoms with Crippen molar-refractivity contribution in [2.24, 2.45) is 0 Å². The van der Waals surface area contributed by atoms with Crippen molar-refractivity contribution in [3.63, 3.8) is 0 Å². The van der Waals surface area contributed by atoms with Gasteiger partial charge in [0.25, 0.3) is 0 Å². The van der Waals surface area contributed by atoms with E-state index >= 15 is 0 Å². The van der Waals surface area contributed by atoms with Gasteiger partial charge in [0.2, 0.25) is 0 Å². The highest BCUT2D eigenvalue weighted by molar-refractivity contribution is 7.08. The fraction of sp³-hybridized carbons (Fsp3) is 0.353. The largest absolute Gasteiger partial charge is 0.392 e. The van der Waals surface area contributed by atoms with Crippen molar-refractivity contribution in [3.8, 4) is 11.1 Å². The molecule has 5 heteroatoms. The van der Waals surface area contributed by atoms with E-state index in [-0.39, 0.29) is 12.3 Å². The summed E-state index contributed by atoms with van der Waals surface area (Å²) in [5, 5.41) is 19.8. The fourth-order valence-corrected chi connectivity index (χ4v) is 3.87. The van der Waals surface area contributed by atoms with E-state index in [0.29, 0.717) is 0 Å². The third-order valence-corrected chi connectivity index (χ3v) is 5.21. The lowest BCUT2D eigenvalue weighted by Crippen LogP contribution is -2.30. The van der Waals surface area contributed by atoms with Gasteiger partial charge >= 0.3 is 0 Å². The maximum atomic E-state index is 9.76. The average Bonchev–Trinajstić information content (AvgIpc) is 3.26. The van der Waals surface area contributed by atoms with Crippen molar-refractivity contribution in [3.05, 3.63) is 41.2 Å². The van der Waals surface area contributed by atoms with Crippen molar-refractivity contribution in [2.45, 2.75) is 25.6 Å². The molecular formula is C17H19N3OS. The molecule has 0 aliphatic carbocycles. The van der Waals surface area contributed by atoms with E-state index in [1.165, 1.54) is 11.1 Å². The predicted octanol–water partition coefficient (Wildman–Crippen LogP) is 3.35. The highest BCUT2D eigenvalue weighted by Gasteiger charge is 2.26. The third-order valence-electron chi connectivity index (χ3n) is 4.53. The van der Waals surface area contributed by atoms with Gasteiger partial charge in [0.1, 0.15) is 6.17 Å². The first-order valence-corrected chi connectivity index (χ1v) is 8.58. The van der Waals surface area contributed by atoms with Crippen LogP contribution in [0.1, 0.15) is 19.5 Å². The Hall–Kier alpha value is -1.69. The van der Waals surface area contributed by atoms with Gasteiger partial charge in [0.05, 0.1) is 17.8 Å². The van der Waals surface area contributed by atoms with Crippen LogP contribution < -0.4 is 0 Å². The molecule has 0 saturated carbocycles. The highest BCUT2D eigenvalue weighted by Crippen LogP contribution is 2.29. The predicted molar refractivity (Wildman–Crippen MR) is 90.0 cm³/mol. The maximum absolute atomic E-state index is 9.76. The topological polar surface area (TPSA) is 41.3 Å². The first kappa shape index (κ1) is 13.9. The molecule has 0 radical (unpaired) electrons. The molecule has 22 heavy (non-hydrogen) atoms. The number of aliphatic hydroxyl groups is 1. The molecule has 3 aromatic rings. The number of aromatic nitrogens is 2. The van der Waals surface area contributed by atoms with Gasteiger partial charge in [0.15, 0.2) is 0 Å². The number of benzene rings is 1. The molecule has 0 amide bonds. The van der Waals surface area contributed by atoms with Crippen LogP contribution in [0.3, 0.4) is 0 Å². The van der Waals surface area contributed by atoms with Gasteiger partial charge in [-0.2, -0.15) is 16.4 Å². The Balaban J connectivity index is 1.73. The quantitative estimate of drug-likeness (QED) is 0.806. The zero-order valence-corrected chi connectivity index (χ0v) is 13.3. The van der Waals surface area contributed by atoms with Gasteiger partial charge in [0, 0.05) is 18.5 Å². The van der Waals surface area contributed by atoms with E-state index in [0.717, 1.165) is 30.4 Å². The molecule has 0 bridgehead atoms. The van der Waals surface area contributed by atoms with Gasteiger partial charge in [-0.25, -0.2) is 4.68 Å². The van der Waals surface area contributed by atoms with E-state index in [9.17, 15) is 5.11 Å². The first-order chi connectivity index (χ1) is 10.7. The molecule has 4 nitrogen and oxygen atoms in total. The second-order valence-corrected chi connectivity index (χ2v) is 6.72. The van der Waals surface area contributed by atoms with Gasteiger partial charge in [-0.05, 0) is 47.4 Å². The molecule has 2 unspecified atom stereocenters. The van der Waals surface area contributed by atoms with Gasteiger partial charge in [-0.15, -0.1) is 0 Å². The Morgan fingerprint density at radius 3 is 2.95 bits per heavy atom. The van der Waals surface area contributed by atoms with E-state index in [4.69, 9.17) is 0 Å². The Kier molecular flexibility index (Phi) is 3.48. The van der Waals surface area contributed by atoms with Crippen LogP contribution in [0.4, 0.5) is 0 Å². The molecule has 1 aliphatic rings. The minimum atomic E-state index is -0.203. The van der Waals surface area contributed by atoms with Crippen molar-refractivity contribution in [1.29, 1.82) is 0 Å². The number of likely N-dealkylation sites (tertiary alicyclic amines) is 1. The highest BCUT2D eigenvalue weighted by atomic mass is 32.1. The molecule has 3 heterocycles. The lowest BCUT2D eigenvalue weighted by molar-refractivity contribution is 0.136. The van der Waals surface area contributed by atoms with Crippen LogP contribution in [-0.4, -0.2) is 39.0 Å². The number of hydrogen-bond acceptors (Lipinski definition) is 4. The smallest absolute Gasteiger partial charge is 0.102 e. The van der Waals surface area contributed by atoms with Gasteiger partial charge in [-0.1, -0.05) is 12.1 Å². The summed E-state index contributed by atoms with van der Waals surface area (Å²) in [6, 6.07) is 8.65. The fourth-order valence-electron chi connectivity index (χ4n) is 3.21. The van der Waals surface area contributed by atoms with Gasteiger partial charge in [-0.3, -0.25) is 4.90 Å². The molecule has 2 aromatic heterocycles. The Morgan fingerprint density at radius 1 is 1.32 bits per heavy atom. The lowest BCUT2D eigenvalue weighted by atomic mass is 10.1. The Bertz CT molecular complexity index is 780. The number of fused-ring (bicyclic) bond motifs is 1. The van der Waals surface area contributed by atoms with E-state index < -0.39 is 0 Å². The lowest BCUT2D eigenvalue weighted by Gasteiger charge is -2.24. The number of thiophene rings is 1. The van der Waals surface area contributed by atoms with Gasteiger partial charge < -0.3 is 5.11 Å². The maximum Gasteiger partial charge on any atom is 0.102 e. The number of hydrogen-bond donors (Lipinski definition) is 1. The number of rotatable bonds is 3. The monoisotopic (exact) mass is 313 g/mol. The van der Waals surface area contributed by atoms with Crippen LogP contribution in [-0.2, 0) is 0 Å². The Morgan fingerprint density at radius 2 is 2.23 bits per heavy atom. The molecule has 4 rings (SSSR count). The molecule has 1 aromatic carbocycles. The van der Waals surface area contributed by atoms with Crippen molar-refractivity contribution < 1.29 is 5.11 Å². The zero-order valence-electron chi connectivity index (χ0n) is 12.5. The second kappa shape index (κ2) is 5.50. The Labute approximate surface area is 133 Å². The molecule has 1 fully saturated rings. The summed E-state index contributed by atoms with van der Waals surface area (Å²) >= 11 is 1.71. The van der Waals surface area contributed by atoms with Crippen LogP contribution >= 0.6 is 11.3 Å². The summed E-state index contributed by atoms with van der Waals surface area (Å²) in [5.41, 5.74) is 3.63. The molecular weight excluding hydrogens is 294 g/mol. The van der Waals surface area contributed by atoms with Crippen LogP contribution in [0.15, 0.2) is 41.2 Å². The van der Waals surface area contributed by atoms with Crippen molar-refractivity contribution >= 4 is 22.2 Å². The molecule has 2 atom stereocenters. The minimum Gasteiger partial charge on any atom is -0.392 e. The molecule has 114 valence electrons. The summed E-state index contributed by atoms with van der Waals surface area (Å²) in [6.45, 7) is 3.81. The minimum absolute atomic E-state index is 0.160. The van der Waals surface area contributed by atoms with Crippen LogP contribution in [0.25, 0.3) is 22.0 Å². The third kappa shape index (κ3) is 2.35. The van der Waals surface area contributed by atoms with Crippen LogP contribution in [0.2, 0.25) is 0 Å². The number of aliphatic hydroxyl groups excluding tert-OH is 1. The summed E-state index contributed by atoms with van der Waals surface area (Å²) in [4.78, 5) is 2.29. The normalized spacial score (nSPS) is 20.7. The average molecular weight is 313 g/mol. The van der Waals surface area contributed by atoms with Crippen molar-refractivity contribution in [1.82, 2.24) is 14.7 Å². The summed E-state index contributed by atoms with van der Waals surface area (Å²) in [6.07, 6.45) is 2.73.